The minimum atomic E-state index is 0.766. The molecule has 1 aromatic carbocycles. The Kier molecular flexibility index (Phi) is 3.12. The van der Waals surface area contributed by atoms with E-state index >= 15 is 0 Å². The zero-order chi connectivity index (χ0) is 9.97. The van der Waals surface area contributed by atoms with Crippen molar-refractivity contribution in [3.05, 3.63) is 34.3 Å². The van der Waals surface area contributed by atoms with Gasteiger partial charge in [-0.15, -0.1) is 0 Å². The van der Waals surface area contributed by atoms with Gasteiger partial charge >= 0.3 is 0 Å². The Balaban J connectivity index is 2.26. The summed E-state index contributed by atoms with van der Waals surface area (Å²) in [6.07, 6.45) is 6.88. The van der Waals surface area contributed by atoms with E-state index in [-0.39, 0.29) is 0 Å². The number of hydrogen-bond donors (Lipinski definition) is 0. The van der Waals surface area contributed by atoms with Gasteiger partial charge in [0.25, 0.3) is 0 Å². The summed E-state index contributed by atoms with van der Waals surface area (Å²) in [7, 11) is 0. The highest BCUT2D eigenvalue weighted by Gasteiger charge is 2.17. The SMILES string of the molecule is Cc1c(Cl)cccc1C1CCCCC1. The second-order valence-electron chi connectivity index (χ2n) is 4.29. The lowest BCUT2D eigenvalue weighted by Gasteiger charge is -2.23. The van der Waals surface area contributed by atoms with Crippen molar-refractivity contribution in [3.8, 4) is 0 Å². The summed E-state index contributed by atoms with van der Waals surface area (Å²) in [5.74, 6) is 0.766. The van der Waals surface area contributed by atoms with Crippen molar-refractivity contribution in [1.82, 2.24) is 0 Å². The zero-order valence-electron chi connectivity index (χ0n) is 8.72. The molecule has 0 aromatic heterocycles. The summed E-state index contributed by atoms with van der Waals surface area (Å²) in [4.78, 5) is 0. The summed E-state index contributed by atoms with van der Waals surface area (Å²) in [5.41, 5.74) is 2.78. The molecule has 0 heterocycles. The maximum Gasteiger partial charge on any atom is 0.0438 e. The molecule has 0 spiro atoms. The fourth-order valence-electron chi connectivity index (χ4n) is 2.48. The first-order valence-corrected chi connectivity index (χ1v) is 5.92. The highest BCUT2D eigenvalue weighted by Crippen LogP contribution is 2.35. The van der Waals surface area contributed by atoms with Gasteiger partial charge < -0.3 is 0 Å². The Morgan fingerprint density at radius 3 is 2.57 bits per heavy atom. The van der Waals surface area contributed by atoms with Gasteiger partial charge in [-0.1, -0.05) is 43.0 Å². The van der Waals surface area contributed by atoms with E-state index < -0.39 is 0 Å². The molecule has 0 saturated heterocycles. The Labute approximate surface area is 91.3 Å². The van der Waals surface area contributed by atoms with E-state index in [1.807, 2.05) is 6.07 Å². The van der Waals surface area contributed by atoms with Crippen LogP contribution in [0.25, 0.3) is 0 Å². The Morgan fingerprint density at radius 1 is 1.14 bits per heavy atom. The molecule has 0 atom stereocenters. The van der Waals surface area contributed by atoms with Gasteiger partial charge in [0.1, 0.15) is 0 Å². The van der Waals surface area contributed by atoms with Gasteiger partial charge in [0.15, 0.2) is 0 Å². The van der Waals surface area contributed by atoms with Crippen LogP contribution in [-0.4, -0.2) is 0 Å². The van der Waals surface area contributed by atoms with Gasteiger partial charge in [-0.3, -0.25) is 0 Å². The van der Waals surface area contributed by atoms with E-state index in [0.29, 0.717) is 0 Å². The maximum atomic E-state index is 6.13. The quantitative estimate of drug-likeness (QED) is 0.628. The Bertz CT molecular complexity index is 311. The van der Waals surface area contributed by atoms with Crippen molar-refractivity contribution in [3.63, 3.8) is 0 Å². The molecule has 0 bridgehead atoms. The predicted octanol–water partition coefficient (Wildman–Crippen LogP) is 4.70. The minimum absolute atomic E-state index is 0.766. The molecular formula is C13H17Cl. The van der Waals surface area contributed by atoms with Gasteiger partial charge in [-0.05, 0) is 42.9 Å². The zero-order valence-corrected chi connectivity index (χ0v) is 9.48. The lowest BCUT2D eigenvalue weighted by Crippen LogP contribution is -2.06. The first-order chi connectivity index (χ1) is 6.79. The molecule has 0 radical (unpaired) electrons. The number of halogens is 1. The minimum Gasteiger partial charge on any atom is -0.0840 e. The van der Waals surface area contributed by atoms with Crippen LogP contribution >= 0.6 is 11.6 Å². The van der Waals surface area contributed by atoms with E-state index in [1.54, 1.807) is 0 Å². The second kappa shape index (κ2) is 4.35. The fraction of sp³-hybridized carbons (Fsp3) is 0.538. The molecule has 14 heavy (non-hydrogen) atoms. The summed E-state index contributed by atoms with van der Waals surface area (Å²) in [6.45, 7) is 2.15. The summed E-state index contributed by atoms with van der Waals surface area (Å²) in [6, 6.07) is 6.32. The van der Waals surface area contributed by atoms with Gasteiger partial charge in [0.2, 0.25) is 0 Å². The van der Waals surface area contributed by atoms with Crippen LogP contribution in [0.3, 0.4) is 0 Å². The lowest BCUT2D eigenvalue weighted by atomic mass is 9.82. The molecule has 0 unspecified atom stereocenters. The maximum absolute atomic E-state index is 6.13. The van der Waals surface area contributed by atoms with Crippen LogP contribution in [0.4, 0.5) is 0 Å². The fourth-order valence-corrected chi connectivity index (χ4v) is 2.66. The predicted molar refractivity (Wildman–Crippen MR) is 62.0 cm³/mol. The molecule has 2 rings (SSSR count). The van der Waals surface area contributed by atoms with Crippen LogP contribution in [0.1, 0.15) is 49.1 Å². The van der Waals surface area contributed by atoms with Crippen molar-refractivity contribution in [2.45, 2.75) is 44.9 Å². The molecule has 1 aromatic rings. The van der Waals surface area contributed by atoms with Gasteiger partial charge in [-0.2, -0.15) is 0 Å². The molecular weight excluding hydrogens is 192 g/mol. The van der Waals surface area contributed by atoms with Gasteiger partial charge in [0, 0.05) is 5.02 Å². The number of benzene rings is 1. The normalized spacial score (nSPS) is 18.4. The first kappa shape index (κ1) is 10.0. The smallest absolute Gasteiger partial charge is 0.0438 e. The number of rotatable bonds is 1. The van der Waals surface area contributed by atoms with Crippen molar-refractivity contribution < 1.29 is 0 Å². The number of hydrogen-bond acceptors (Lipinski definition) is 0. The van der Waals surface area contributed by atoms with Crippen LogP contribution in [0.15, 0.2) is 18.2 Å². The highest BCUT2D eigenvalue weighted by molar-refractivity contribution is 6.31. The molecule has 0 nitrogen and oxygen atoms in total. The molecule has 1 aliphatic carbocycles. The average Bonchev–Trinajstić information content (AvgIpc) is 2.23. The van der Waals surface area contributed by atoms with Crippen LogP contribution in [0, 0.1) is 6.92 Å². The van der Waals surface area contributed by atoms with E-state index in [1.165, 1.54) is 43.2 Å². The van der Waals surface area contributed by atoms with Crippen LogP contribution in [0.5, 0.6) is 0 Å². The van der Waals surface area contributed by atoms with Crippen molar-refractivity contribution in [2.24, 2.45) is 0 Å². The van der Waals surface area contributed by atoms with E-state index in [4.69, 9.17) is 11.6 Å². The van der Waals surface area contributed by atoms with Crippen molar-refractivity contribution in [1.29, 1.82) is 0 Å². The summed E-state index contributed by atoms with van der Waals surface area (Å²) < 4.78 is 0. The highest BCUT2D eigenvalue weighted by atomic mass is 35.5. The molecule has 0 N–H and O–H groups in total. The standard InChI is InChI=1S/C13H17Cl/c1-10-12(8-5-9-13(10)14)11-6-3-2-4-7-11/h5,8-9,11H,2-4,6-7H2,1H3. The van der Waals surface area contributed by atoms with E-state index in [2.05, 4.69) is 19.1 Å². The van der Waals surface area contributed by atoms with Crippen molar-refractivity contribution in [2.75, 3.05) is 0 Å². The van der Waals surface area contributed by atoms with Crippen LogP contribution in [0.2, 0.25) is 5.02 Å². The Hall–Kier alpha value is -0.490. The van der Waals surface area contributed by atoms with Crippen LogP contribution < -0.4 is 0 Å². The van der Waals surface area contributed by atoms with Crippen LogP contribution in [-0.2, 0) is 0 Å². The van der Waals surface area contributed by atoms with E-state index in [0.717, 1.165) is 10.9 Å². The Morgan fingerprint density at radius 2 is 1.86 bits per heavy atom. The third-order valence-electron chi connectivity index (χ3n) is 3.35. The summed E-state index contributed by atoms with van der Waals surface area (Å²) in [5, 5.41) is 0.924. The largest absolute Gasteiger partial charge is 0.0840 e. The molecule has 1 heteroatoms. The van der Waals surface area contributed by atoms with E-state index in [9.17, 15) is 0 Å². The van der Waals surface area contributed by atoms with Gasteiger partial charge in [-0.25, -0.2) is 0 Å². The van der Waals surface area contributed by atoms with Gasteiger partial charge in [0.05, 0.1) is 0 Å². The average molecular weight is 209 g/mol. The molecule has 1 fully saturated rings. The topological polar surface area (TPSA) is 0 Å². The third kappa shape index (κ3) is 1.95. The first-order valence-electron chi connectivity index (χ1n) is 5.54. The molecule has 0 aliphatic heterocycles. The molecule has 0 amide bonds. The molecule has 76 valence electrons. The monoisotopic (exact) mass is 208 g/mol. The summed E-state index contributed by atoms with van der Waals surface area (Å²) >= 11 is 6.13. The third-order valence-corrected chi connectivity index (χ3v) is 3.76. The molecule has 1 aliphatic rings. The second-order valence-corrected chi connectivity index (χ2v) is 4.70. The lowest BCUT2D eigenvalue weighted by molar-refractivity contribution is 0.442. The molecule has 1 saturated carbocycles. The van der Waals surface area contributed by atoms with Crippen molar-refractivity contribution >= 4 is 11.6 Å².